The van der Waals surface area contributed by atoms with Gasteiger partial charge in [0.15, 0.2) is 0 Å². The molecule has 0 heterocycles. The molecule has 0 aromatic heterocycles. The van der Waals surface area contributed by atoms with Crippen LogP contribution in [-0.4, -0.2) is 17.2 Å². The van der Waals surface area contributed by atoms with Gasteiger partial charge in [0.25, 0.3) is 0 Å². The number of ether oxygens (including phenoxy) is 1. The van der Waals surface area contributed by atoms with Crippen LogP contribution in [-0.2, 0) is 11.2 Å². The molecule has 1 N–H and O–H groups in total. The highest BCUT2D eigenvalue weighted by molar-refractivity contribution is 5.70. The van der Waals surface area contributed by atoms with Crippen LogP contribution in [0, 0.1) is 0 Å². The van der Waals surface area contributed by atoms with E-state index in [9.17, 15) is 4.79 Å². The van der Waals surface area contributed by atoms with Crippen molar-refractivity contribution in [3.63, 3.8) is 0 Å². The van der Waals surface area contributed by atoms with Gasteiger partial charge in [-0.15, -0.1) is 0 Å². The molecule has 0 bridgehead atoms. The Bertz CT molecular complexity index is 381. The van der Waals surface area contributed by atoms with Crippen LogP contribution >= 0.6 is 0 Å². The SMILES string of the molecule is O=C(O)Cc1cccc(OC2CCCCC2)c1. The molecule has 0 amide bonds. The van der Waals surface area contributed by atoms with Gasteiger partial charge in [-0.3, -0.25) is 4.79 Å². The highest BCUT2D eigenvalue weighted by Crippen LogP contribution is 2.23. The number of hydrogen-bond donors (Lipinski definition) is 1. The Balaban J connectivity index is 1.97. The second kappa shape index (κ2) is 5.71. The van der Waals surface area contributed by atoms with E-state index in [1.54, 1.807) is 0 Å². The van der Waals surface area contributed by atoms with Crippen molar-refractivity contribution in [2.24, 2.45) is 0 Å². The lowest BCUT2D eigenvalue weighted by Crippen LogP contribution is -2.19. The Morgan fingerprint density at radius 3 is 2.76 bits per heavy atom. The number of hydrogen-bond acceptors (Lipinski definition) is 2. The van der Waals surface area contributed by atoms with Gasteiger partial charge in [0.05, 0.1) is 12.5 Å². The van der Waals surface area contributed by atoms with E-state index in [4.69, 9.17) is 9.84 Å². The van der Waals surface area contributed by atoms with Gasteiger partial charge < -0.3 is 9.84 Å². The van der Waals surface area contributed by atoms with Gasteiger partial charge in [-0.25, -0.2) is 0 Å². The van der Waals surface area contributed by atoms with Gasteiger partial charge in [0, 0.05) is 0 Å². The standard InChI is InChI=1S/C14H18O3/c15-14(16)10-11-5-4-8-13(9-11)17-12-6-2-1-3-7-12/h4-5,8-9,12H,1-3,6-7,10H2,(H,15,16). The van der Waals surface area contributed by atoms with E-state index in [2.05, 4.69) is 0 Å². The van der Waals surface area contributed by atoms with Gasteiger partial charge in [-0.2, -0.15) is 0 Å². The minimum absolute atomic E-state index is 0.0574. The maximum Gasteiger partial charge on any atom is 0.307 e. The van der Waals surface area contributed by atoms with E-state index in [0.717, 1.165) is 24.2 Å². The second-order valence-corrected chi connectivity index (χ2v) is 4.60. The third-order valence-electron chi connectivity index (χ3n) is 3.11. The summed E-state index contributed by atoms with van der Waals surface area (Å²) in [6.45, 7) is 0. The number of benzene rings is 1. The fourth-order valence-electron chi connectivity index (χ4n) is 2.28. The first-order valence-corrected chi connectivity index (χ1v) is 6.21. The average Bonchev–Trinajstić information content (AvgIpc) is 2.30. The summed E-state index contributed by atoms with van der Waals surface area (Å²) in [5.41, 5.74) is 0.797. The average molecular weight is 234 g/mol. The van der Waals surface area contributed by atoms with E-state index < -0.39 is 5.97 Å². The van der Waals surface area contributed by atoms with Crippen molar-refractivity contribution in [1.82, 2.24) is 0 Å². The molecule has 1 aromatic carbocycles. The Morgan fingerprint density at radius 1 is 1.29 bits per heavy atom. The van der Waals surface area contributed by atoms with Gasteiger partial charge >= 0.3 is 5.97 Å². The number of carboxylic acid groups (broad SMARTS) is 1. The number of carboxylic acids is 1. The molecule has 3 nitrogen and oxygen atoms in total. The molecule has 0 aliphatic heterocycles. The van der Waals surface area contributed by atoms with Crippen LogP contribution in [0.3, 0.4) is 0 Å². The van der Waals surface area contributed by atoms with E-state index in [1.807, 2.05) is 24.3 Å². The molecule has 0 atom stereocenters. The molecule has 17 heavy (non-hydrogen) atoms. The summed E-state index contributed by atoms with van der Waals surface area (Å²) in [4.78, 5) is 10.6. The van der Waals surface area contributed by atoms with Gasteiger partial charge in [0.2, 0.25) is 0 Å². The molecule has 92 valence electrons. The smallest absolute Gasteiger partial charge is 0.307 e. The molecule has 1 aromatic rings. The Labute approximate surface area is 101 Å². The molecule has 1 fully saturated rings. The molecule has 0 saturated heterocycles. The van der Waals surface area contributed by atoms with Crippen molar-refractivity contribution < 1.29 is 14.6 Å². The highest BCUT2D eigenvalue weighted by atomic mass is 16.5. The molecular formula is C14H18O3. The topological polar surface area (TPSA) is 46.5 Å². The Kier molecular flexibility index (Phi) is 4.02. The van der Waals surface area contributed by atoms with E-state index in [0.29, 0.717) is 6.10 Å². The first-order chi connectivity index (χ1) is 8.24. The van der Waals surface area contributed by atoms with Crippen LogP contribution < -0.4 is 4.74 Å². The molecule has 3 heteroatoms. The van der Waals surface area contributed by atoms with Gasteiger partial charge in [0.1, 0.15) is 5.75 Å². The normalized spacial score (nSPS) is 16.7. The summed E-state index contributed by atoms with van der Waals surface area (Å²) in [5, 5.41) is 8.74. The van der Waals surface area contributed by atoms with Crippen LogP contribution in [0.1, 0.15) is 37.7 Å². The third kappa shape index (κ3) is 3.77. The summed E-state index contributed by atoms with van der Waals surface area (Å²) in [7, 11) is 0. The molecule has 1 saturated carbocycles. The molecule has 0 spiro atoms. The Morgan fingerprint density at radius 2 is 2.06 bits per heavy atom. The maximum absolute atomic E-state index is 10.6. The van der Waals surface area contributed by atoms with Crippen LogP contribution in [0.25, 0.3) is 0 Å². The van der Waals surface area contributed by atoms with E-state index in [-0.39, 0.29) is 6.42 Å². The van der Waals surface area contributed by atoms with Crippen LogP contribution in [0.5, 0.6) is 5.75 Å². The molecule has 2 rings (SSSR count). The van der Waals surface area contributed by atoms with Gasteiger partial charge in [-0.1, -0.05) is 18.6 Å². The summed E-state index contributed by atoms with van der Waals surface area (Å²) in [5.74, 6) is -0.00420. The van der Waals surface area contributed by atoms with Crippen LogP contribution in [0.4, 0.5) is 0 Å². The van der Waals surface area contributed by atoms with Crippen LogP contribution in [0.15, 0.2) is 24.3 Å². The van der Waals surface area contributed by atoms with Crippen molar-refractivity contribution in [1.29, 1.82) is 0 Å². The highest BCUT2D eigenvalue weighted by Gasteiger charge is 2.14. The minimum Gasteiger partial charge on any atom is -0.490 e. The first-order valence-electron chi connectivity index (χ1n) is 6.21. The maximum atomic E-state index is 10.6. The largest absolute Gasteiger partial charge is 0.490 e. The lowest BCUT2D eigenvalue weighted by molar-refractivity contribution is -0.136. The van der Waals surface area contributed by atoms with Crippen molar-refractivity contribution in [3.05, 3.63) is 29.8 Å². The number of aliphatic carboxylic acids is 1. The molecule has 1 aliphatic rings. The summed E-state index contributed by atoms with van der Waals surface area (Å²) < 4.78 is 5.88. The summed E-state index contributed by atoms with van der Waals surface area (Å²) in [6, 6.07) is 7.42. The number of rotatable bonds is 4. The molecule has 0 unspecified atom stereocenters. The number of carbonyl (C=O) groups is 1. The summed E-state index contributed by atoms with van der Waals surface area (Å²) >= 11 is 0. The fourth-order valence-corrected chi connectivity index (χ4v) is 2.28. The van der Waals surface area contributed by atoms with Gasteiger partial charge in [-0.05, 0) is 43.4 Å². The summed E-state index contributed by atoms with van der Waals surface area (Å²) in [6.07, 6.45) is 6.37. The lowest BCUT2D eigenvalue weighted by atomic mass is 9.98. The van der Waals surface area contributed by atoms with Crippen LogP contribution in [0.2, 0.25) is 0 Å². The minimum atomic E-state index is -0.806. The zero-order valence-corrected chi connectivity index (χ0v) is 9.89. The molecule has 0 radical (unpaired) electrons. The third-order valence-corrected chi connectivity index (χ3v) is 3.11. The lowest BCUT2D eigenvalue weighted by Gasteiger charge is -2.23. The van der Waals surface area contributed by atoms with Crippen molar-refractivity contribution in [3.8, 4) is 5.75 Å². The van der Waals surface area contributed by atoms with Crippen molar-refractivity contribution >= 4 is 5.97 Å². The monoisotopic (exact) mass is 234 g/mol. The molecule has 1 aliphatic carbocycles. The van der Waals surface area contributed by atoms with Crippen molar-refractivity contribution in [2.75, 3.05) is 0 Å². The Hall–Kier alpha value is -1.51. The van der Waals surface area contributed by atoms with E-state index >= 15 is 0 Å². The van der Waals surface area contributed by atoms with E-state index in [1.165, 1.54) is 19.3 Å². The second-order valence-electron chi connectivity index (χ2n) is 4.60. The van der Waals surface area contributed by atoms with Crippen molar-refractivity contribution in [2.45, 2.75) is 44.6 Å². The predicted octanol–water partition coefficient (Wildman–Crippen LogP) is 3.03. The first kappa shape index (κ1) is 12.0. The zero-order valence-electron chi connectivity index (χ0n) is 9.89. The quantitative estimate of drug-likeness (QED) is 0.871. The predicted molar refractivity (Wildman–Crippen MR) is 65.3 cm³/mol. The fraction of sp³-hybridized carbons (Fsp3) is 0.500. The molecular weight excluding hydrogens is 216 g/mol. The zero-order chi connectivity index (χ0) is 12.1.